The molecule has 0 aliphatic carbocycles. The molecule has 0 aliphatic heterocycles. The minimum atomic E-state index is -1.24. The van der Waals surface area contributed by atoms with Crippen LogP contribution in [0.2, 0.25) is 0 Å². The molecule has 1 N–H and O–H groups in total. The van der Waals surface area contributed by atoms with Gasteiger partial charge in [0.25, 0.3) is 0 Å². The quantitative estimate of drug-likeness (QED) is 0.228. The highest BCUT2D eigenvalue weighted by atomic mass is 16.7. The molecule has 0 fully saturated rings. The lowest BCUT2D eigenvalue weighted by molar-refractivity contribution is 0.128. The molecule has 0 atom stereocenters. The topological polar surface area (TPSA) is 46.5 Å². The number of unbranched alkanes of at least 4 members (excludes halogenated alkanes) is 10. The lowest BCUT2D eigenvalue weighted by Gasteiger charge is -2.17. The van der Waals surface area contributed by atoms with Crippen molar-refractivity contribution in [3.05, 3.63) is 12.3 Å². The predicted octanol–water partition coefficient (Wildman–Crippen LogP) is 6.92. The summed E-state index contributed by atoms with van der Waals surface area (Å²) in [7, 11) is 0. The summed E-state index contributed by atoms with van der Waals surface area (Å²) >= 11 is 0. The number of hydrogen-bond donors (Lipinski definition) is 1. The number of rotatable bonds is 13. The summed E-state index contributed by atoms with van der Waals surface area (Å²) in [5.74, 6) is 0. The Bertz CT molecular complexity index is 290. The SMILES string of the molecule is CC(C)(C)CCCCCCCCCCCCC=COC(=O)O. The minimum absolute atomic E-state index is 0.495. The fourth-order valence-electron chi connectivity index (χ4n) is 2.51. The Morgan fingerprint density at radius 1 is 0.864 bits per heavy atom. The Morgan fingerprint density at radius 2 is 1.32 bits per heavy atom. The van der Waals surface area contributed by atoms with E-state index in [1.54, 1.807) is 6.08 Å². The van der Waals surface area contributed by atoms with Crippen molar-refractivity contribution in [3.8, 4) is 0 Å². The first-order valence-electron chi connectivity index (χ1n) is 8.96. The second-order valence-electron chi connectivity index (χ2n) is 7.39. The molecule has 0 aliphatic rings. The van der Waals surface area contributed by atoms with Gasteiger partial charge in [0.2, 0.25) is 0 Å². The van der Waals surface area contributed by atoms with Crippen molar-refractivity contribution in [2.24, 2.45) is 5.41 Å². The van der Waals surface area contributed by atoms with Crippen LogP contribution in [0.1, 0.15) is 97.8 Å². The van der Waals surface area contributed by atoms with Crippen LogP contribution < -0.4 is 0 Å². The van der Waals surface area contributed by atoms with Crippen LogP contribution in [0.4, 0.5) is 4.79 Å². The van der Waals surface area contributed by atoms with E-state index < -0.39 is 6.16 Å². The van der Waals surface area contributed by atoms with Crippen LogP contribution in [0.15, 0.2) is 12.3 Å². The molecule has 0 heterocycles. The molecule has 0 amide bonds. The van der Waals surface area contributed by atoms with Gasteiger partial charge in [0.15, 0.2) is 0 Å². The highest BCUT2D eigenvalue weighted by molar-refractivity contribution is 5.57. The van der Waals surface area contributed by atoms with Gasteiger partial charge in [-0.2, -0.15) is 0 Å². The van der Waals surface area contributed by atoms with Gasteiger partial charge >= 0.3 is 6.16 Å². The summed E-state index contributed by atoms with van der Waals surface area (Å²) in [4.78, 5) is 10.1. The summed E-state index contributed by atoms with van der Waals surface area (Å²) in [6, 6.07) is 0. The van der Waals surface area contributed by atoms with E-state index >= 15 is 0 Å². The van der Waals surface area contributed by atoms with Gasteiger partial charge in [-0.3, -0.25) is 0 Å². The van der Waals surface area contributed by atoms with Crippen LogP contribution in [0, 0.1) is 5.41 Å². The first-order valence-corrected chi connectivity index (χ1v) is 8.96. The highest BCUT2D eigenvalue weighted by Crippen LogP contribution is 2.22. The molecule has 0 aromatic rings. The number of carbonyl (C=O) groups is 1. The first-order chi connectivity index (χ1) is 10.4. The zero-order valence-corrected chi connectivity index (χ0v) is 14.9. The fraction of sp³-hybridized carbons (Fsp3) is 0.842. The van der Waals surface area contributed by atoms with Gasteiger partial charge in [-0.1, -0.05) is 78.6 Å². The van der Waals surface area contributed by atoms with E-state index in [9.17, 15) is 4.79 Å². The largest absolute Gasteiger partial charge is 0.510 e. The highest BCUT2D eigenvalue weighted by Gasteiger charge is 2.08. The number of ether oxygens (including phenoxy) is 1. The standard InChI is InChI=1S/C19H36O3/c1-19(2,3)16-14-12-10-8-6-4-5-7-9-11-13-15-17-22-18(20)21/h15,17H,4-14,16H2,1-3H3,(H,20,21). The van der Waals surface area contributed by atoms with Crippen molar-refractivity contribution >= 4 is 6.16 Å². The van der Waals surface area contributed by atoms with E-state index in [4.69, 9.17) is 5.11 Å². The molecule has 0 bridgehead atoms. The lowest BCUT2D eigenvalue weighted by atomic mass is 9.89. The van der Waals surface area contributed by atoms with Gasteiger partial charge in [0.1, 0.15) is 0 Å². The maximum absolute atomic E-state index is 10.1. The molecule has 22 heavy (non-hydrogen) atoms. The third-order valence-electron chi connectivity index (χ3n) is 3.81. The molecule has 0 aromatic carbocycles. The summed E-state index contributed by atoms with van der Waals surface area (Å²) < 4.78 is 4.30. The number of allylic oxidation sites excluding steroid dienone is 1. The maximum Gasteiger partial charge on any atom is 0.510 e. The molecule has 0 saturated carbocycles. The van der Waals surface area contributed by atoms with E-state index in [0.29, 0.717) is 5.41 Å². The van der Waals surface area contributed by atoms with Gasteiger partial charge in [0, 0.05) is 0 Å². The van der Waals surface area contributed by atoms with E-state index in [2.05, 4.69) is 25.5 Å². The molecular formula is C19H36O3. The van der Waals surface area contributed by atoms with Crippen LogP contribution in [0.3, 0.4) is 0 Å². The van der Waals surface area contributed by atoms with Gasteiger partial charge in [-0.05, 0) is 30.8 Å². The molecule has 0 rings (SSSR count). The van der Waals surface area contributed by atoms with E-state index in [-0.39, 0.29) is 0 Å². The van der Waals surface area contributed by atoms with E-state index in [0.717, 1.165) is 12.8 Å². The van der Waals surface area contributed by atoms with E-state index in [1.165, 1.54) is 70.5 Å². The van der Waals surface area contributed by atoms with Crippen molar-refractivity contribution in [1.29, 1.82) is 0 Å². The smallest absolute Gasteiger partial charge is 0.449 e. The summed E-state index contributed by atoms with van der Waals surface area (Å²) in [6.45, 7) is 6.96. The average molecular weight is 312 g/mol. The molecule has 0 aromatic heterocycles. The van der Waals surface area contributed by atoms with E-state index in [1.807, 2.05) is 0 Å². The van der Waals surface area contributed by atoms with Gasteiger partial charge < -0.3 is 9.84 Å². The first kappa shape index (κ1) is 21.0. The van der Waals surface area contributed by atoms with Crippen LogP contribution >= 0.6 is 0 Å². The molecule has 0 radical (unpaired) electrons. The molecule has 0 unspecified atom stereocenters. The summed E-state index contributed by atoms with van der Waals surface area (Å²) in [6.07, 6.45) is 17.3. The minimum Gasteiger partial charge on any atom is -0.449 e. The Labute approximate surface area is 137 Å². The number of hydrogen-bond acceptors (Lipinski definition) is 2. The van der Waals surface area contributed by atoms with Crippen LogP contribution in [0.25, 0.3) is 0 Å². The monoisotopic (exact) mass is 312 g/mol. The van der Waals surface area contributed by atoms with Crippen LogP contribution in [-0.2, 0) is 4.74 Å². The van der Waals surface area contributed by atoms with Crippen molar-refractivity contribution in [2.75, 3.05) is 0 Å². The third-order valence-corrected chi connectivity index (χ3v) is 3.81. The van der Waals surface area contributed by atoms with Crippen LogP contribution in [-0.4, -0.2) is 11.3 Å². The molecular weight excluding hydrogens is 276 g/mol. The Kier molecular flexibility index (Phi) is 13.0. The van der Waals surface area contributed by atoms with Crippen molar-refractivity contribution in [2.45, 2.75) is 97.8 Å². The average Bonchev–Trinajstić information content (AvgIpc) is 2.41. The maximum atomic E-state index is 10.1. The molecule has 3 nitrogen and oxygen atoms in total. The Hall–Kier alpha value is -0.990. The van der Waals surface area contributed by atoms with Gasteiger partial charge in [0.05, 0.1) is 6.26 Å². The van der Waals surface area contributed by atoms with Gasteiger partial charge in [-0.15, -0.1) is 0 Å². The zero-order chi connectivity index (χ0) is 16.7. The summed E-state index contributed by atoms with van der Waals surface area (Å²) in [5, 5.41) is 8.27. The normalized spacial score (nSPS) is 12.0. The molecule has 130 valence electrons. The van der Waals surface area contributed by atoms with Crippen LogP contribution in [0.5, 0.6) is 0 Å². The van der Waals surface area contributed by atoms with Gasteiger partial charge in [-0.25, -0.2) is 4.79 Å². The summed E-state index contributed by atoms with van der Waals surface area (Å²) in [5.41, 5.74) is 0.495. The van der Waals surface area contributed by atoms with Crippen molar-refractivity contribution in [1.82, 2.24) is 0 Å². The third kappa shape index (κ3) is 19.0. The lowest BCUT2D eigenvalue weighted by Crippen LogP contribution is -2.03. The van der Waals surface area contributed by atoms with Crippen molar-refractivity contribution < 1.29 is 14.6 Å². The molecule has 3 heteroatoms. The fourth-order valence-corrected chi connectivity index (χ4v) is 2.51. The molecule has 0 spiro atoms. The zero-order valence-electron chi connectivity index (χ0n) is 14.9. The Morgan fingerprint density at radius 3 is 1.77 bits per heavy atom. The Balaban J connectivity index is 3.12. The van der Waals surface area contributed by atoms with Crippen molar-refractivity contribution in [3.63, 3.8) is 0 Å². The predicted molar refractivity (Wildman–Crippen MR) is 93.1 cm³/mol. The second kappa shape index (κ2) is 13.7. The second-order valence-corrected chi connectivity index (χ2v) is 7.39. The molecule has 0 saturated heterocycles. The number of carboxylic acid groups (broad SMARTS) is 1.